The molecule has 0 rings (SSSR count). The number of nitrogens with one attached hydrogen (secondary N) is 2. The Morgan fingerprint density at radius 3 is 0.818 bits per heavy atom. The van der Waals surface area contributed by atoms with Crippen LogP contribution < -0.4 is 10.6 Å². The van der Waals surface area contributed by atoms with Gasteiger partial charge >= 0.3 is 33.6 Å². The molecule has 23 heteroatoms. The Kier molecular flexibility index (Phi) is 76.9. The number of esters is 2. The molecule has 0 saturated carbocycles. The summed E-state index contributed by atoms with van der Waals surface area (Å²) in [6.07, 6.45) is 62.1. The second-order valence-corrected chi connectivity index (χ2v) is 34.3. The summed E-state index contributed by atoms with van der Waals surface area (Å²) in [6, 6.07) is -2.18. The number of carbonyl (C=O) groups excluding carboxylic acids is 5. The number of phosphoric ester groups is 2. The van der Waals surface area contributed by atoms with E-state index in [-0.39, 0.29) is 88.7 Å². The fourth-order valence-electron chi connectivity index (χ4n) is 14.0. The Morgan fingerprint density at radius 1 is 0.309 bits per heavy atom. The van der Waals surface area contributed by atoms with Crippen LogP contribution in [-0.4, -0.2) is 153 Å². The van der Waals surface area contributed by atoms with Gasteiger partial charge in [-0.05, 0) is 51.4 Å². The molecule has 0 aliphatic rings. The minimum absolute atomic E-state index is 0.00559. The summed E-state index contributed by atoms with van der Waals surface area (Å²) in [5.74, 6) is -0.829. The standard InChI is InChI=1S/C87H172N4O17P2/c1-9-15-21-27-31-35-37-39-43-47-53-59-69-90(79(7)92)81(75-101-71-65-83(61-55-49-25-19-13-5)107-85(94)63-57-51-45-41-33-29-23-17-11-3)77-105-109(97,98)103-73-67-88-87(96)89-68-74-104-110(99,100)106-78-82(91(80(8)93)70-60-54-48-44-40-38-36-32-28-22-16-10-2)76-102-72-66-84(62-56-50-26-20-14-6)108-86(95)64-58-52-46-42-34-30-24-18-12-4/h81-84H,9-78H2,1-8H3,(H,97,98)(H,99,100)(H2,88,89,96)/t81-,82-,83-,84-/m1/s1. The zero-order valence-electron chi connectivity index (χ0n) is 72.1. The first-order valence-corrected chi connectivity index (χ1v) is 48.7. The van der Waals surface area contributed by atoms with Crippen molar-refractivity contribution in [3.8, 4) is 0 Å². The summed E-state index contributed by atoms with van der Waals surface area (Å²) in [4.78, 5) is 91.0. The first-order chi connectivity index (χ1) is 53.4. The smallest absolute Gasteiger partial charge is 0.462 e. The Hall–Kier alpha value is -2.71. The highest BCUT2D eigenvalue weighted by Gasteiger charge is 2.31. The second-order valence-electron chi connectivity index (χ2n) is 31.4. The van der Waals surface area contributed by atoms with Crippen LogP contribution in [0.5, 0.6) is 0 Å². The number of amides is 4. The predicted molar refractivity (Wildman–Crippen MR) is 450 cm³/mol. The van der Waals surface area contributed by atoms with Crippen LogP contribution in [-0.2, 0) is 65.4 Å². The maximum absolute atomic E-state index is 13.4. The number of hydrogen-bond acceptors (Lipinski definition) is 15. The summed E-state index contributed by atoms with van der Waals surface area (Å²) in [7, 11) is -9.46. The summed E-state index contributed by atoms with van der Waals surface area (Å²) in [6.45, 7) is 15.5. The van der Waals surface area contributed by atoms with Crippen molar-refractivity contribution in [3.63, 3.8) is 0 Å². The number of rotatable bonds is 86. The molecule has 0 spiro atoms. The van der Waals surface area contributed by atoms with E-state index in [1.165, 1.54) is 194 Å². The molecule has 0 aromatic carbocycles. The van der Waals surface area contributed by atoms with Crippen LogP contribution in [0.3, 0.4) is 0 Å². The molecule has 21 nitrogen and oxygen atoms in total. The van der Waals surface area contributed by atoms with Gasteiger partial charge in [0.2, 0.25) is 11.8 Å². The van der Waals surface area contributed by atoms with E-state index in [1.54, 1.807) is 9.80 Å². The van der Waals surface area contributed by atoms with Crippen molar-refractivity contribution in [2.24, 2.45) is 0 Å². The van der Waals surface area contributed by atoms with Gasteiger partial charge in [0.15, 0.2) is 0 Å². The molecule has 0 aliphatic heterocycles. The molecule has 652 valence electrons. The van der Waals surface area contributed by atoms with Gasteiger partial charge in [-0.1, -0.05) is 337 Å². The van der Waals surface area contributed by atoms with Crippen LogP contribution in [0.2, 0.25) is 0 Å². The van der Waals surface area contributed by atoms with Crippen LogP contribution >= 0.6 is 15.6 Å². The summed E-state index contributed by atoms with van der Waals surface area (Å²) in [5, 5.41) is 5.06. The number of nitrogens with zero attached hydrogens (tertiary/aromatic N) is 2. The molecule has 0 fully saturated rings. The van der Waals surface area contributed by atoms with Gasteiger partial charge in [-0.25, -0.2) is 13.9 Å². The van der Waals surface area contributed by atoms with Crippen LogP contribution in [0.4, 0.5) is 4.79 Å². The van der Waals surface area contributed by atoms with Crippen molar-refractivity contribution < 1.29 is 79.9 Å². The predicted octanol–water partition coefficient (Wildman–Crippen LogP) is 23.6. The van der Waals surface area contributed by atoms with E-state index in [0.717, 1.165) is 167 Å². The third kappa shape index (κ3) is 70.7. The lowest BCUT2D eigenvalue weighted by atomic mass is 10.1. The van der Waals surface area contributed by atoms with Gasteiger partial charge in [0.05, 0.1) is 64.9 Å². The van der Waals surface area contributed by atoms with E-state index in [1.807, 2.05) is 0 Å². The van der Waals surface area contributed by atoms with Crippen molar-refractivity contribution in [1.82, 2.24) is 20.4 Å². The highest BCUT2D eigenvalue weighted by Crippen LogP contribution is 2.44. The third-order valence-electron chi connectivity index (χ3n) is 21.0. The van der Waals surface area contributed by atoms with Crippen molar-refractivity contribution in [1.29, 1.82) is 0 Å². The number of unbranched alkanes of at least 4 members (excludes halogenated alkanes) is 46. The fourth-order valence-corrected chi connectivity index (χ4v) is 15.6. The van der Waals surface area contributed by atoms with E-state index < -0.39 is 47.0 Å². The van der Waals surface area contributed by atoms with Crippen molar-refractivity contribution >= 4 is 45.4 Å². The highest BCUT2D eigenvalue weighted by atomic mass is 31.2. The van der Waals surface area contributed by atoms with Crippen molar-refractivity contribution in [2.75, 3.05) is 79.0 Å². The molecule has 2 unspecified atom stereocenters. The number of ether oxygens (including phenoxy) is 4. The third-order valence-corrected chi connectivity index (χ3v) is 22.9. The van der Waals surface area contributed by atoms with E-state index in [0.29, 0.717) is 38.8 Å². The van der Waals surface area contributed by atoms with Gasteiger partial charge in [0.25, 0.3) is 0 Å². The van der Waals surface area contributed by atoms with Crippen molar-refractivity contribution in [2.45, 2.75) is 452 Å². The summed E-state index contributed by atoms with van der Waals surface area (Å²) >= 11 is 0. The lowest BCUT2D eigenvalue weighted by Gasteiger charge is -2.31. The molecule has 6 atom stereocenters. The van der Waals surface area contributed by atoms with E-state index in [9.17, 15) is 42.9 Å². The van der Waals surface area contributed by atoms with Gasteiger partial charge < -0.3 is 49.2 Å². The Balaban J connectivity index is 5.84. The van der Waals surface area contributed by atoms with E-state index in [2.05, 4.69) is 52.2 Å². The molecule has 0 aromatic rings. The number of urea groups is 1. The Morgan fingerprint density at radius 2 is 0.555 bits per heavy atom. The molecule has 0 radical (unpaired) electrons. The fraction of sp³-hybridized carbons (Fsp3) is 0.943. The quantitative estimate of drug-likeness (QED) is 0.0250. The van der Waals surface area contributed by atoms with Crippen LogP contribution in [0.1, 0.15) is 428 Å². The number of phosphoric acid groups is 2. The Labute approximate surface area is 673 Å². The zero-order valence-corrected chi connectivity index (χ0v) is 73.9. The SMILES string of the molecule is CCCCCCCCCCCCCCN(C(C)=O)[C@H](COCC[C@@H](CCCCCCC)OC(=O)CCCCCCCCCCC)COP(=O)(O)OCCNC(=O)NCCOP(=O)(O)OC[C@@H](COCC[C@@H](CCCCCCC)OC(=O)CCCCCCCCCCC)N(CCCCCCCCCCCCCC)C(C)=O. The second kappa shape index (κ2) is 78.8. The maximum atomic E-state index is 13.4. The van der Waals surface area contributed by atoms with E-state index >= 15 is 0 Å². The molecule has 4 N–H and O–H groups in total. The maximum Gasteiger partial charge on any atom is 0.472 e. The first-order valence-electron chi connectivity index (χ1n) is 45.7. The van der Waals surface area contributed by atoms with Gasteiger partial charge in [0.1, 0.15) is 12.2 Å². The lowest BCUT2D eigenvalue weighted by Crippen LogP contribution is -2.45. The van der Waals surface area contributed by atoms with Crippen LogP contribution in [0, 0.1) is 0 Å². The minimum atomic E-state index is -4.73. The van der Waals surface area contributed by atoms with Gasteiger partial charge in [-0.3, -0.25) is 37.3 Å². The number of carbonyl (C=O) groups is 5. The molecule has 0 saturated heterocycles. The molecule has 110 heavy (non-hydrogen) atoms. The first kappa shape index (κ1) is 107. The zero-order chi connectivity index (χ0) is 80.9. The van der Waals surface area contributed by atoms with Crippen LogP contribution in [0.15, 0.2) is 0 Å². The monoisotopic (exact) mass is 1610 g/mol. The molecule has 0 aromatic heterocycles. The van der Waals surface area contributed by atoms with Gasteiger partial charge in [0, 0.05) is 65.7 Å². The highest BCUT2D eigenvalue weighted by molar-refractivity contribution is 7.47. The topological polar surface area (TPSA) is 264 Å². The average molecular weight is 1610 g/mol. The largest absolute Gasteiger partial charge is 0.472 e. The van der Waals surface area contributed by atoms with Crippen molar-refractivity contribution in [3.05, 3.63) is 0 Å². The van der Waals surface area contributed by atoms with Gasteiger partial charge in [-0.2, -0.15) is 0 Å². The minimum Gasteiger partial charge on any atom is -0.462 e. The Bertz CT molecular complexity index is 2060. The summed E-state index contributed by atoms with van der Waals surface area (Å²) < 4.78 is 73.1. The molecule has 0 bridgehead atoms. The normalized spacial score (nSPS) is 13.8. The average Bonchev–Trinajstić information content (AvgIpc) is 0.880. The molecule has 4 amide bonds. The molecular weight excluding hydrogens is 1430 g/mol. The van der Waals surface area contributed by atoms with Gasteiger partial charge in [-0.15, -0.1) is 0 Å². The molecule has 0 heterocycles. The summed E-state index contributed by atoms with van der Waals surface area (Å²) in [5.41, 5.74) is 0. The number of hydrogen-bond donors (Lipinski definition) is 4. The lowest BCUT2D eigenvalue weighted by molar-refractivity contribution is -0.151. The van der Waals surface area contributed by atoms with Crippen LogP contribution in [0.25, 0.3) is 0 Å². The molecular formula is C87H172N4O17P2. The molecule has 0 aliphatic carbocycles. The van der Waals surface area contributed by atoms with E-state index in [4.69, 9.17) is 37.0 Å².